The van der Waals surface area contributed by atoms with Gasteiger partial charge in [0.1, 0.15) is 5.84 Å². The van der Waals surface area contributed by atoms with Crippen LogP contribution in [0.3, 0.4) is 0 Å². The van der Waals surface area contributed by atoms with Crippen LogP contribution in [0, 0.1) is 0 Å². The lowest BCUT2D eigenvalue weighted by atomic mass is 10.1. The maximum absolute atomic E-state index is 11.4. The van der Waals surface area contributed by atoms with Crippen LogP contribution in [0.25, 0.3) is 5.70 Å². The summed E-state index contributed by atoms with van der Waals surface area (Å²) in [4.78, 5) is 20.3. The van der Waals surface area contributed by atoms with E-state index >= 15 is 0 Å². The molecular weight excluding hydrogens is 340 g/mol. The van der Waals surface area contributed by atoms with Crippen molar-refractivity contribution in [1.82, 2.24) is 25.6 Å². The maximum Gasteiger partial charge on any atom is 0.219 e. The number of allylic oxidation sites excluding steroid dienone is 2. The van der Waals surface area contributed by atoms with Crippen molar-refractivity contribution in [3.63, 3.8) is 0 Å². The van der Waals surface area contributed by atoms with Gasteiger partial charge in [-0.1, -0.05) is 30.3 Å². The molecule has 3 aliphatic heterocycles. The van der Waals surface area contributed by atoms with Crippen molar-refractivity contribution >= 4 is 17.4 Å². The summed E-state index contributed by atoms with van der Waals surface area (Å²) in [7, 11) is 1.89. The number of rotatable bonds is 4. The second kappa shape index (κ2) is 7.64. The summed E-state index contributed by atoms with van der Waals surface area (Å²) in [6, 6.07) is 8.71. The fraction of sp³-hybridized carbons (Fsp3) is 0.400. The van der Waals surface area contributed by atoms with E-state index < -0.39 is 0 Å². The maximum atomic E-state index is 11.4. The van der Waals surface area contributed by atoms with E-state index in [-0.39, 0.29) is 12.2 Å². The Hall–Kier alpha value is -2.48. The quantitative estimate of drug-likeness (QED) is 0.832. The first-order valence-corrected chi connectivity index (χ1v) is 9.41. The molecule has 0 radical (unpaired) electrons. The van der Waals surface area contributed by atoms with Gasteiger partial charge in [-0.05, 0) is 30.3 Å². The van der Waals surface area contributed by atoms with Crippen LogP contribution in [-0.4, -0.2) is 66.1 Å². The van der Waals surface area contributed by atoms with Crippen molar-refractivity contribution in [2.45, 2.75) is 19.8 Å². The Morgan fingerprint density at radius 3 is 2.63 bits per heavy atom. The van der Waals surface area contributed by atoms with E-state index in [1.165, 1.54) is 5.56 Å². The fourth-order valence-corrected chi connectivity index (χ4v) is 3.63. The molecule has 0 spiro atoms. The second-order valence-corrected chi connectivity index (χ2v) is 7.03. The van der Waals surface area contributed by atoms with Crippen LogP contribution in [0.4, 0.5) is 0 Å². The average molecular weight is 366 g/mol. The van der Waals surface area contributed by atoms with Gasteiger partial charge in [0.15, 0.2) is 6.29 Å². The van der Waals surface area contributed by atoms with E-state index in [9.17, 15) is 4.79 Å². The lowest BCUT2D eigenvalue weighted by molar-refractivity contribution is -0.130. The van der Waals surface area contributed by atoms with Gasteiger partial charge in [-0.25, -0.2) is 4.99 Å². The molecule has 1 amide bonds. The number of nitrogens with zero attached hydrogens (tertiary/aromatic N) is 4. The van der Waals surface area contributed by atoms with E-state index in [0.717, 1.165) is 49.8 Å². The van der Waals surface area contributed by atoms with Gasteiger partial charge in [-0.15, -0.1) is 0 Å². The molecule has 1 fully saturated rings. The minimum Gasteiger partial charge on any atom is -0.340 e. The molecule has 1 saturated heterocycles. The lowest BCUT2D eigenvalue weighted by Gasteiger charge is -2.34. The summed E-state index contributed by atoms with van der Waals surface area (Å²) >= 11 is 0. The highest BCUT2D eigenvalue weighted by molar-refractivity contribution is 6.01. The van der Waals surface area contributed by atoms with Gasteiger partial charge >= 0.3 is 0 Å². The van der Waals surface area contributed by atoms with E-state index in [1.807, 2.05) is 29.1 Å². The fourth-order valence-electron chi connectivity index (χ4n) is 3.63. The predicted octanol–water partition coefficient (Wildman–Crippen LogP) is 0.983. The van der Waals surface area contributed by atoms with Crippen LogP contribution in [0.2, 0.25) is 0 Å². The summed E-state index contributed by atoms with van der Waals surface area (Å²) in [5.41, 5.74) is 6.88. The Balaban J connectivity index is 1.40. The molecule has 27 heavy (non-hydrogen) atoms. The van der Waals surface area contributed by atoms with Crippen molar-refractivity contribution in [3.05, 3.63) is 53.6 Å². The van der Waals surface area contributed by atoms with Crippen molar-refractivity contribution in [2.24, 2.45) is 4.99 Å². The zero-order valence-electron chi connectivity index (χ0n) is 15.9. The standard InChI is InChI=1S/C20H26N6O/c1-15(27)25-12-10-24(11-13-25)14-16-6-8-17(9-7-16)18-4-3-5-19-22-20(21-2)23-26(18)19/h3-9,20-21,23H,10-14H2,1-2H3. The molecule has 3 heterocycles. The Bertz CT molecular complexity index is 789. The molecule has 7 nitrogen and oxygen atoms in total. The van der Waals surface area contributed by atoms with E-state index in [0.29, 0.717) is 0 Å². The van der Waals surface area contributed by atoms with Gasteiger partial charge < -0.3 is 4.90 Å². The van der Waals surface area contributed by atoms with Crippen LogP contribution >= 0.6 is 0 Å². The predicted molar refractivity (Wildman–Crippen MR) is 106 cm³/mol. The smallest absolute Gasteiger partial charge is 0.219 e. The van der Waals surface area contributed by atoms with Crippen LogP contribution in [0.1, 0.15) is 18.1 Å². The molecule has 0 saturated carbocycles. The van der Waals surface area contributed by atoms with Crippen molar-refractivity contribution in [2.75, 3.05) is 33.2 Å². The molecule has 0 aromatic heterocycles. The summed E-state index contributed by atoms with van der Waals surface area (Å²) in [5.74, 6) is 1.09. The Morgan fingerprint density at radius 2 is 1.96 bits per heavy atom. The van der Waals surface area contributed by atoms with Crippen LogP contribution in [-0.2, 0) is 11.3 Å². The number of nitrogens with one attached hydrogen (secondary N) is 2. The number of benzene rings is 1. The number of amidine groups is 1. The van der Waals surface area contributed by atoms with Crippen molar-refractivity contribution in [3.8, 4) is 0 Å². The van der Waals surface area contributed by atoms with Gasteiger partial charge in [0.2, 0.25) is 5.91 Å². The zero-order valence-corrected chi connectivity index (χ0v) is 15.9. The zero-order chi connectivity index (χ0) is 18.8. The monoisotopic (exact) mass is 366 g/mol. The number of piperazine rings is 1. The molecule has 1 atom stereocenters. The summed E-state index contributed by atoms with van der Waals surface area (Å²) in [5, 5.41) is 5.15. The summed E-state index contributed by atoms with van der Waals surface area (Å²) in [6.45, 7) is 6.07. The third-order valence-electron chi connectivity index (χ3n) is 5.23. The number of carbonyl (C=O) groups excluding carboxylic acids is 1. The van der Waals surface area contributed by atoms with E-state index in [1.54, 1.807) is 6.92 Å². The van der Waals surface area contributed by atoms with E-state index in [2.05, 4.69) is 51.0 Å². The van der Waals surface area contributed by atoms with Gasteiger partial charge in [-0.3, -0.25) is 20.0 Å². The minimum atomic E-state index is -0.0981. The number of aliphatic imine (C=N–C) groups is 1. The molecule has 7 heteroatoms. The topological polar surface area (TPSA) is 63.2 Å². The van der Waals surface area contributed by atoms with E-state index in [4.69, 9.17) is 0 Å². The summed E-state index contributed by atoms with van der Waals surface area (Å²) < 4.78 is 0. The SMILES string of the molecule is CNC1N=C2C=CC=C(c3ccc(CN4CCN(C(C)=O)CC4)cc3)N2N1. The third kappa shape index (κ3) is 3.80. The molecule has 4 rings (SSSR count). The van der Waals surface area contributed by atoms with Crippen LogP contribution in [0.5, 0.6) is 0 Å². The molecule has 1 unspecified atom stereocenters. The molecule has 0 bridgehead atoms. The summed E-state index contributed by atoms with van der Waals surface area (Å²) in [6.07, 6.45) is 6.04. The lowest BCUT2D eigenvalue weighted by Crippen LogP contribution is -2.47. The van der Waals surface area contributed by atoms with Crippen LogP contribution in [0.15, 0.2) is 47.5 Å². The first-order chi connectivity index (χ1) is 13.1. The highest BCUT2D eigenvalue weighted by Gasteiger charge is 2.27. The number of hydrogen-bond acceptors (Lipinski definition) is 6. The van der Waals surface area contributed by atoms with Gasteiger partial charge in [0.25, 0.3) is 0 Å². The van der Waals surface area contributed by atoms with Crippen molar-refractivity contribution in [1.29, 1.82) is 0 Å². The Labute approximate surface area is 160 Å². The molecule has 142 valence electrons. The second-order valence-electron chi connectivity index (χ2n) is 7.03. The normalized spacial score (nSPS) is 22.5. The third-order valence-corrected chi connectivity index (χ3v) is 5.23. The van der Waals surface area contributed by atoms with Gasteiger partial charge in [0.05, 0.1) is 5.70 Å². The molecule has 1 aromatic carbocycles. The minimum absolute atomic E-state index is 0.0981. The van der Waals surface area contributed by atoms with Crippen molar-refractivity contribution < 1.29 is 4.79 Å². The Kier molecular flexibility index (Phi) is 5.07. The molecule has 1 aromatic rings. The number of hydrazine groups is 1. The molecule has 0 aliphatic carbocycles. The highest BCUT2D eigenvalue weighted by atomic mass is 16.2. The first-order valence-electron chi connectivity index (χ1n) is 9.41. The largest absolute Gasteiger partial charge is 0.340 e. The first kappa shape index (κ1) is 17.9. The van der Waals surface area contributed by atoms with Crippen LogP contribution < -0.4 is 10.7 Å². The Morgan fingerprint density at radius 1 is 1.22 bits per heavy atom. The number of carbonyl (C=O) groups is 1. The number of hydrogen-bond donors (Lipinski definition) is 2. The number of amides is 1. The molecule has 3 aliphatic rings. The molecule has 2 N–H and O–H groups in total. The van der Waals surface area contributed by atoms with Gasteiger partial charge in [0, 0.05) is 39.6 Å². The highest BCUT2D eigenvalue weighted by Crippen LogP contribution is 2.25. The van der Waals surface area contributed by atoms with Gasteiger partial charge in [-0.2, -0.15) is 5.43 Å². The number of fused-ring (bicyclic) bond motifs is 1. The average Bonchev–Trinajstić information content (AvgIpc) is 3.12. The molecular formula is C20H26N6O.